The van der Waals surface area contributed by atoms with Crippen molar-refractivity contribution < 1.29 is 14.0 Å². The predicted octanol–water partition coefficient (Wildman–Crippen LogP) is 3.65. The van der Waals surface area contributed by atoms with Crippen LogP contribution in [0.4, 0.5) is 5.69 Å². The SMILES string of the molecule is CN(C)C(=O)c1ccc(Cl)c(NC(=O)c2ccoc2Br)c1. The van der Waals surface area contributed by atoms with Crippen LogP contribution in [-0.2, 0) is 0 Å². The van der Waals surface area contributed by atoms with E-state index in [-0.39, 0.29) is 11.8 Å². The lowest BCUT2D eigenvalue weighted by molar-refractivity contribution is 0.0827. The number of hydrogen-bond donors (Lipinski definition) is 1. The molecule has 0 aliphatic heterocycles. The van der Waals surface area contributed by atoms with Gasteiger partial charge in [-0.3, -0.25) is 9.59 Å². The lowest BCUT2D eigenvalue weighted by Gasteiger charge is -2.12. The Hall–Kier alpha value is -1.79. The third-order valence-corrected chi connectivity index (χ3v) is 3.67. The van der Waals surface area contributed by atoms with Crippen LogP contribution in [-0.4, -0.2) is 30.8 Å². The van der Waals surface area contributed by atoms with Crippen LogP contribution in [0, 0.1) is 0 Å². The molecule has 0 saturated heterocycles. The van der Waals surface area contributed by atoms with Crippen LogP contribution >= 0.6 is 27.5 Å². The minimum absolute atomic E-state index is 0.174. The van der Waals surface area contributed by atoms with Gasteiger partial charge >= 0.3 is 0 Å². The number of hydrogen-bond acceptors (Lipinski definition) is 3. The third-order valence-electron chi connectivity index (χ3n) is 2.73. The minimum atomic E-state index is -0.382. The van der Waals surface area contributed by atoms with Gasteiger partial charge in [0.1, 0.15) is 0 Å². The summed E-state index contributed by atoms with van der Waals surface area (Å²) in [6.07, 6.45) is 1.40. The van der Waals surface area contributed by atoms with E-state index in [1.165, 1.54) is 23.3 Å². The fourth-order valence-corrected chi connectivity index (χ4v) is 2.24. The molecule has 0 atom stereocenters. The highest BCUT2D eigenvalue weighted by molar-refractivity contribution is 9.10. The molecule has 1 aromatic carbocycles. The molecule has 2 rings (SSSR count). The second-order valence-corrected chi connectivity index (χ2v) is 5.58. The maximum Gasteiger partial charge on any atom is 0.260 e. The lowest BCUT2D eigenvalue weighted by atomic mass is 10.1. The van der Waals surface area contributed by atoms with Crippen LogP contribution in [0.1, 0.15) is 20.7 Å². The molecule has 1 aromatic heterocycles. The summed E-state index contributed by atoms with van der Waals surface area (Å²) in [5.74, 6) is -0.557. The van der Waals surface area contributed by atoms with Crippen LogP contribution in [0.5, 0.6) is 0 Å². The van der Waals surface area contributed by atoms with E-state index in [2.05, 4.69) is 21.2 Å². The third kappa shape index (κ3) is 3.46. The van der Waals surface area contributed by atoms with Crippen molar-refractivity contribution in [3.8, 4) is 0 Å². The number of benzene rings is 1. The summed E-state index contributed by atoms with van der Waals surface area (Å²) in [6, 6.07) is 6.24. The number of halogens is 2. The number of rotatable bonds is 3. The largest absolute Gasteiger partial charge is 0.457 e. The first kappa shape index (κ1) is 15.6. The Morgan fingerprint density at radius 2 is 2.00 bits per heavy atom. The van der Waals surface area contributed by atoms with Gasteiger partial charge in [0.15, 0.2) is 4.67 Å². The summed E-state index contributed by atoms with van der Waals surface area (Å²) in [6.45, 7) is 0. The van der Waals surface area contributed by atoms with Crippen LogP contribution in [0.3, 0.4) is 0 Å². The van der Waals surface area contributed by atoms with Crippen molar-refractivity contribution in [1.82, 2.24) is 4.90 Å². The average Bonchev–Trinajstić information content (AvgIpc) is 2.86. The van der Waals surface area contributed by atoms with E-state index >= 15 is 0 Å². The van der Waals surface area contributed by atoms with Gasteiger partial charge in [-0.15, -0.1) is 0 Å². The molecule has 0 saturated carbocycles. The monoisotopic (exact) mass is 370 g/mol. The molecule has 1 N–H and O–H groups in total. The van der Waals surface area contributed by atoms with Gasteiger partial charge in [-0.2, -0.15) is 0 Å². The van der Waals surface area contributed by atoms with Gasteiger partial charge in [0, 0.05) is 19.7 Å². The summed E-state index contributed by atoms with van der Waals surface area (Å²) < 4.78 is 5.34. The van der Waals surface area contributed by atoms with E-state index in [1.54, 1.807) is 26.2 Å². The van der Waals surface area contributed by atoms with Crippen molar-refractivity contribution in [3.05, 3.63) is 51.3 Å². The van der Waals surface area contributed by atoms with Gasteiger partial charge in [0.25, 0.3) is 11.8 Å². The molecule has 0 unspecified atom stereocenters. The number of amides is 2. The Labute approximate surface area is 135 Å². The van der Waals surface area contributed by atoms with Gasteiger partial charge in [-0.25, -0.2) is 0 Å². The average molecular weight is 372 g/mol. The molecule has 2 aromatic rings. The minimum Gasteiger partial charge on any atom is -0.457 e. The molecule has 5 nitrogen and oxygen atoms in total. The molecule has 0 radical (unpaired) electrons. The van der Waals surface area contributed by atoms with Crippen molar-refractivity contribution in [1.29, 1.82) is 0 Å². The van der Waals surface area contributed by atoms with E-state index in [0.29, 0.717) is 26.5 Å². The van der Waals surface area contributed by atoms with E-state index in [0.717, 1.165) is 0 Å². The molecular formula is C14H12BrClN2O3. The van der Waals surface area contributed by atoms with Gasteiger partial charge in [-0.1, -0.05) is 11.6 Å². The molecule has 7 heteroatoms. The number of nitrogens with zero attached hydrogens (tertiary/aromatic N) is 1. The van der Waals surface area contributed by atoms with Crippen molar-refractivity contribution in [2.24, 2.45) is 0 Å². The maximum absolute atomic E-state index is 12.1. The second-order valence-electron chi connectivity index (χ2n) is 4.46. The normalized spacial score (nSPS) is 10.3. The number of anilines is 1. The van der Waals surface area contributed by atoms with E-state index < -0.39 is 0 Å². The molecule has 0 aliphatic carbocycles. The molecule has 0 fully saturated rings. The van der Waals surface area contributed by atoms with Gasteiger partial charge in [0.05, 0.1) is 22.5 Å². The summed E-state index contributed by atoms with van der Waals surface area (Å²) >= 11 is 9.19. The number of furan rings is 1. The topological polar surface area (TPSA) is 62.6 Å². The molecule has 110 valence electrons. The molecular weight excluding hydrogens is 360 g/mol. The summed E-state index contributed by atoms with van der Waals surface area (Å²) in [4.78, 5) is 25.5. The van der Waals surface area contributed by atoms with E-state index in [4.69, 9.17) is 16.0 Å². The second kappa shape index (κ2) is 6.32. The Morgan fingerprint density at radius 3 is 2.57 bits per heavy atom. The number of carbonyl (C=O) groups excluding carboxylic acids is 2. The molecule has 0 aliphatic rings. The molecule has 1 heterocycles. The summed E-state index contributed by atoms with van der Waals surface area (Å²) in [5.41, 5.74) is 1.14. The lowest BCUT2D eigenvalue weighted by Crippen LogP contribution is -2.22. The Balaban J connectivity index is 2.28. The fraction of sp³-hybridized carbons (Fsp3) is 0.143. The predicted molar refractivity (Wildman–Crippen MR) is 83.8 cm³/mol. The van der Waals surface area contributed by atoms with Gasteiger partial charge in [0.2, 0.25) is 0 Å². The van der Waals surface area contributed by atoms with E-state index in [9.17, 15) is 9.59 Å². The summed E-state index contributed by atoms with van der Waals surface area (Å²) in [5, 5.41) is 3.00. The highest BCUT2D eigenvalue weighted by atomic mass is 79.9. The first-order valence-electron chi connectivity index (χ1n) is 5.95. The van der Waals surface area contributed by atoms with Crippen molar-refractivity contribution in [3.63, 3.8) is 0 Å². The molecule has 0 bridgehead atoms. The van der Waals surface area contributed by atoms with Crippen molar-refractivity contribution in [2.45, 2.75) is 0 Å². The first-order chi connectivity index (χ1) is 9.90. The summed E-state index contributed by atoms with van der Waals surface area (Å²) in [7, 11) is 3.30. The zero-order chi connectivity index (χ0) is 15.6. The Morgan fingerprint density at radius 1 is 1.29 bits per heavy atom. The highest BCUT2D eigenvalue weighted by Gasteiger charge is 2.16. The molecule has 2 amide bonds. The smallest absolute Gasteiger partial charge is 0.260 e. The fourth-order valence-electron chi connectivity index (χ4n) is 1.66. The van der Waals surface area contributed by atoms with Crippen molar-refractivity contribution >= 4 is 45.0 Å². The Kier molecular flexibility index (Phi) is 4.69. The van der Waals surface area contributed by atoms with Crippen LogP contribution in [0.25, 0.3) is 0 Å². The quantitative estimate of drug-likeness (QED) is 0.896. The number of nitrogens with one attached hydrogen (secondary N) is 1. The zero-order valence-corrected chi connectivity index (χ0v) is 13.7. The zero-order valence-electron chi connectivity index (χ0n) is 11.3. The van der Waals surface area contributed by atoms with Crippen molar-refractivity contribution in [2.75, 3.05) is 19.4 Å². The first-order valence-corrected chi connectivity index (χ1v) is 7.13. The van der Waals surface area contributed by atoms with Crippen LogP contribution in [0.15, 0.2) is 39.6 Å². The van der Waals surface area contributed by atoms with Gasteiger partial charge in [-0.05, 0) is 40.2 Å². The molecule has 21 heavy (non-hydrogen) atoms. The van der Waals surface area contributed by atoms with E-state index in [1.807, 2.05) is 0 Å². The number of carbonyl (C=O) groups is 2. The van der Waals surface area contributed by atoms with Crippen LogP contribution < -0.4 is 5.32 Å². The standard InChI is InChI=1S/C14H12BrClN2O3/c1-18(2)14(20)8-3-4-10(16)11(7-8)17-13(19)9-5-6-21-12(9)15/h3-7H,1-2H3,(H,17,19). The van der Waals surface area contributed by atoms with Crippen LogP contribution in [0.2, 0.25) is 5.02 Å². The maximum atomic E-state index is 12.1. The highest BCUT2D eigenvalue weighted by Crippen LogP contribution is 2.25. The molecule has 0 spiro atoms. The Bertz CT molecular complexity index is 697. The van der Waals surface area contributed by atoms with Gasteiger partial charge < -0.3 is 14.6 Å².